The van der Waals surface area contributed by atoms with Crippen molar-refractivity contribution in [1.82, 2.24) is 25.5 Å². The predicted molar refractivity (Wildman–Crippen MR) is 79.5 cm³/mol. The Kier molecular flexibility index (Phi) is 4.23. The zero-order chi connectivity index (χ0) is 16.1. The Morgan fingerprint density at radius 1 is 1.22 bits per heavy atom. The second-order valence-corrected chi connectivity index (χ2v) is 4.50. The van der Waals surface area contributed by atoms with Crippen LogP contribution in [0.25, 0.3) is 11.5 Å². The van der Waals surface area contributed by atoms with E-state index in [2.05, 4.69) is 25.5 Å². The first-order valence-corrected chi connectivity index (χ1v) is 6.78. The fourth-order valence-corrected chi connectivity index (χ4v) is 1.92. The number of carbonyl (C=O) groups is 1. The lowest BCUT2D eigenvalue weighted by atomic mass is 10.2. The van der Waals surface area contributed by atoms with Gasteiger partial charge in [0.2, 0.25) is 11.8 Å². The average Bonchev–Trinajstić information content (AvgIpc) is 3.11. The maximum Gasteiger partial charge on any atom is 0.309 e. The molecule has 3 rings (SSSR count). The predicted octanol–water partition coefficient (Wildman–Crippen LogP) is 1.47. The molecule has 8 nitrogen and oxygen atoms in total. The van der Waals surface area contributed by atoms with Gasteiger partial charge in [0.25, 0.3) is 0 Å². The number of hydrogen-bond acceptors (Lipinski definition) is 7. The van der Waals surface area contributed by atoms with Crippen molar-refractivity contribution < 1.29 is 13.9 Å². The lowest BCUT2D eigenvalue weighted by Gasteiger charge is -2.06. The second kappa shape index (κ2) is 6.65. The van der Waals surface area contributed by atoms with Crippen LogP contribution >= 0.6 is 0 Å². The molecule has 0 fully saturated rings. The Labute approximate surface area is 131 Å². The van der Waals surface area contributed by atoms with E-state index >= 15 is 0 Å². The molecular weight excluding hydrogens is 298 g/mol. The molecule has 0 radical (unpaired) electrons. The lowest BCUT2D eigenvalue weighted by Crippen LogP contribution is -2.23. The molecule has 0 aromatic carbocycles. The van der Waals surface area contributed by atoms with E-state index in [0.717, 1.165) is 5.56 Å². The van der Waals surface area contributed by atoms with E-state index in [1.807, 2.05) is 6.07 Å². The number of nitrogens with one attached hydrogen (secondary N) is 1. The summed E-state index contributed by atoms with van der Waals surface area (Å²) in [5.41, 5.74) is 1.44. The maximum atomic E-state index is 12.1. The van der Waals surface area contributed by atoms with Gasteiger partial charge in [-0.25, -0.2) is 4.98 Å². The van der Waals surface area contributed by atoms with E-state index in [0.29, 0.717) is 11.4 Å². The highest BCUT2D eigenvalue weighted by Gasteiger charge is 2.16. The van der Waals surface area contributed by atoms with Crippen LogP contribution in [0.2, 0.25) is 0 Å². The molecule has 3 heterocycles. The summed E-state index contributed by atoms with van der Waals surface area (Å²) in [6.45, 7) is 0.239. The summed E-state index contributed by atoms with van der Waals surface area (Å²) in [5.74, 6) is 0.135. The molecule has 116 valence electrons. The lowest BCUT2D eigenvalue weighted by molar-refractivity contribution is 0.0916. The van der Waals surface area contributed by atoms with Crippen LogP contribution in [0.3, 0.4) is 0 Å². The summed E-state index contributed by atoms with van der Waals surface area (Å²) in [5, 5.41) is 10.3. The van der Waals surface area contributed by atoms with E-state index in [9.17, 15) is 4.79 Å². The minimum absolute atomic E-state index is 0.111. The summed E-state index contributed by atoms with van der Waals surface area (Å²) < 4.78 is 10.5. The SMILES string of the molecule is COc1ncccc1CNC(=O)c1nnc(-c2ccncc2)o1. The molecule has 0 saturated carbocycles. The Balaban J connectivity index is 1.68. The number of aromatic nitrogens is 4. The largest absolute Gasteiger partial charge is 0.481 e. The van der Waals surface area contributed by atoms with Gasteiger partial charge in [-0.05, 0) is 18.2 Å². The molecule has 23 heavy (non-hydrogen) atoms. The first kappa shape index (κ1) is 14.6. The third-order valence-corrected chi connectivity index (χ3v) is 3.03. The first-order chi connectivity index (χ1) is 11.3. The van der Waals surface area contributed by atoms with Crippen LogP contribution < -0.4 is 10.1 Å². The zero-order valence-corrected chi connectivity index (χ0v) is 12.3. The third-order valence-electron chi connectivity index (χ3n) is 3.03. The number of methoxy groups -OCH3 is 1. The van der Waals surface area contributed by atoms with Gasteiger partial charge in [-0.1, -0.05) is 6.07 Å². The van der Waals surface area contributed by atoms with Crippen molar-refractivity contribution in [1.29, 1.82) is 0 Å². The van der Waals surface area contributed by atoms with Gasteiger partial charge in [0.1, 0.15) is 0 Å². The summed E-state index contributed by atoms with van der Waals surface area (Å²) in [4.78, 5) is 20.0. The molecule has 0 saturated heterocycles. The van der Waals surface area contributed by atoms with E-state index < -0.39 is 5.91 Å². The Bertz CT molecular complexity index is 804. The quantitative estimate of drug-likeness (QED) is 0.761. The van der Waals surface area contributed by atoms with Gasteiger partial charge in [0.15, 0.2) is 0 Å². The molecule has 0 aliphatic carbocycles. The van der Waals surface area contributed by atoms with Crippen molar-refractivity contribution in [3.63, 3.8) is 0 Å². The maximum absolute atomic E-state index is 12.1. The van der Waals surface area contributed by atoms with Crippen LogP contribution in [-0.4, -0.2) is 33.2 Å². The summed E-state index contributed by atoms with van der Waals surface area (Å²) in [7, 11) is 1.52. The normalized spacial score (nSPS) is 10.3. The van der Waals surface area contributed by atoms with Crippen molar-refractivity contribution in [2.24, 2.45) is 0 Å². The van der Waals surface area contributed by atoms with Crippen LogP contribution in [0, 0.1) is 0 Å². The Morgan fingerprint density at radius 3 is 2.83 bits per heavy atom. The zero-order valence-electron chi connectivity index (χ0n) is 12.3. The van der Waals surface area contributed by atoms with E-state index in [-0.39, 0.29) is 18.3 Å². The van der Waals surface area contributed by atoms with Gasteiger partial charge in [-0.15, -0.1) is 10.2 Å². The number of ether oxygens (including phenoxy) is 1. The van der Waals surface area contributed by atoms with Crippen LogP contribution in [0.5, 0.6) is 5.88 Å². The molecule has 0 spiro atoms. The van der Waals surface area contributed by atoms with Crippen molar-refractivity contribution >= 4 is 5.91 Å². The number of pyridine rings is 2. The fourth-order valence-electron chi connectivity index (χ4n) is 1.92. The minimum Gasteiger partial charge on any atom is -0.481 e. The monoisotopic (exact) mass is 311 g/mol. The first-order valence-electron chi connectivity index (χ1n) is 6.78. The summed E-state index contributed by atoms with van der Waals surface area (Å²) in [6.07, 6.45) is 4.82. The van der Waals surface area contributed by atoms with E-state index in [1.165, 1.54) is 7.11 Å². The number of hydrogen-bond donors (Lipinski definition) is 1. The van der Waals surface area contributed by atoms with E-state index in [1.54, 1.807) is 36.8 Å². The Morgan fingerprint density at radius 2 is 2.04 bits per heavy atom. The van der Waals surface area contributed by atoms with Crippen molar-refractivity contribution in [3.05, 3.63) is 54.3 Å². The molecule has 0 aliphatic heterocycles. The highest BCUT2D eigenvalue weighted by Crippen LogP contribution is 2.17. The fraction of sp³-hybridized carbons (Fsp3) is 0.133. The van der Waals surface area contributed by atoms with Crippen molar-refractivity contribution in [2.45, 2.75) is 6.54 Å². The van der Waals surface area contributed by atoms with Gasteiger partial charge in [-0.2, -0.15) is 0 Å². The number of rotatable bonds is 5. The average molecular weight is 311 g/mol. The number of amides is 1. The molecule has 0 bridgehead atoms. The molecule has 3 aromatic rings. The van der Waals surface area contributed by atoms with Crippen molar-refractivity contribution in [3.8, 4) is 17.3 Å². The standard InChI is InChI=1S/C15H13N5O3/c1-22-13-11(3-2-6-17-13)9-18-12(21)15-20-19-14(23-15)10-4-7-16-8-5-10/h2-8H,9H2,1H3,(H,18,21). The summed E-state index contributed by atoms with van der Waals surface area (Å²) in [6, 6.07) is 7.01. The van der Waals surface area contributed by atoms with Crippen LogP contribution in [0.4, 0.5) is 0 Å². The Hall–Kier alpha value is -3.29. The third kappa shape index (κ3) is 3.31. The van der Waals surface area contributed by atoms with Gasteiger partial charge in [0, 0.05) is 36.3 Å². The van der Waals surface area contributed by atoms with Crippen LogP contribution in [0.1, 0.15) is 16.2 Å². The minimum atomic E-state index is -0.469. The van der Waals surface area contributed by atoms with Gasteiger partial charge < -0.3 is 14.5 Å². The van der Waals surface area contributed by atoms with Gasteiger partial charge >= 0.3 is 11.8 Å². The summed E-state index contributed by atoms with van der Waals surface area (Å²) >= 11 is 0. The molecule has 0 atom stereocenters. The smallest absolute Gasteiger partial charge is 0.309 e. The molecule has 0 unspecified atom stereocenters. The molecule has 1 amide bonds. The highest BCUT2D eigenvalue weighted by atomic mass is 16.5. The van der Waals surface area contributed by atoms with Gasteiger partial charge in [-0.3, -0.25) is 9.78 Å². The number of carbonyl (C=O) groups excluding carboxylic acids is 1. The van der Waals surface area contributed by atoms with Gasteiger partial charge in [0.05, 0.1) is 7.11 Å². The molecule has 8 heteroatoms. The van der Waals surface area contributed by atoms with Crippen molar-refractivity contribution in [2.75, 3.05) is 7.11 Å². The van der Waals surface area contributed by atoms with Crippen LogP contribution in [-0.2, 0) is 6.54 Å². The number of nitrogens with zero attached hydrogens (tertiary/aromatic N) is 4. The second-order valence-electron chi connectivity index (χ2n) is 4.50. The van der Waals surface area contributed by atoms with Crippen LogP contribution in [0.15, 0.2) is 47.3 Å². The molecule has 0 aliphatic rings. The molecule has 3 aromatic heterocycles. The molecular formula is C15H13N5O3. The van der Waals surface area contributed by atoms with E-state index in [4.69, 9.17) is 9.15 Å². The highest BCUT2D eigenvalue weighted by molar-refractivity contribution is 5.89. The topological polar surface area (TPSA) is 103 Å². The molecule has 1 N–H and O–H groups in total.